The molecular formula is C27H22Cl3F3N4O6S2. The molecule has 1 aliphatic rings. The lowest BCUT2D eigenvalue weighted by Gasteiger charge is -2.37. The first-order chi connectivity index (χ1) is 20.6. The van der Waals surface area contributed by atoms with Gasteiger partial charge >= 0.3 is 12.2 Å². The van der Waals surface area contributed by atoms with Crippen molar-refractivity contribution >= 4 is 89.3 Å². The second-order valence-electron chi connectivity index (χ2n) is 9.75. The lowest BCUT2D eigenvalue weighted by Crippen LogP contribution is -2.44. The van der Waals surface area contributed by atoms with E-state index in [1.165, 1.54) is 48.5 Å². The average Bonchev–Trinajstić information content (AvgIpc) is 3.14. The van der Waals surface area contributed by atoms with Crippen molar-refractivity contribution in [2.24, 2.45) is 4.99 Å². The van der Waals surface area contributed by atoms with E-state index in [9.17, 15) is 39.6 Å². The van der Waals surface area contributed by atoms with Gasteiger partial charge in [-0.25, -0.2) is 31.5 Å². The Hall–Kier alpha value is -3.37. The Bertz CT molecular complexity index is 1860. The maximum absolute atomic E-state index is 13.6. The van der Waals surface area contributed by atoms with E-state index in [0.29, 0.717) is 15.9 Å². The zero-order chi connectivity index (χ0) is 33.7. The van der Waals surface area contributed by atoms with E-state index >= 15 is 0 Å². The quantitative estimate of drug-likeness (QED) is 0.221. The molecule has 18 heteroatoms. The van der Waals surface area contributed by atoms with Gasteiger partial charge in [0.15, 0.2) is 25.8 Å². The molecule has 1 unspecified atom stereocenters. The number of hydrogen-bond acceptors (Lipinski definition) is 8. The number of likely N-dealkylation sites (N-methyl/N-ethyl adjacent to an activating group) is 1. The van der Waals surface area contributed by atoms with Crippen molar-refractivity contribution in [3.8, 4) is 0 Å². The second kappa shape index (κ2) is 12.1. The van der Waals surface area contributed by atoms with Gasteiger partial charge in [-0.2, -0.15) is 13.2 Å². The molecule has 0 bridgehead atoms. The summed E-state index contributed by atoms with van der Waals surface area (Å²) >= 11 is 19.2. The Labute approximate surface area is 271 Å². The average molecular weight is 726 g/mol. The second-order valence-corrected chi connectivity index (χ2v) is 16.1. The Morgan fingerprint density at radius 3 is 1.73 bits per heavy atom. The van der Waals surface area contributed by atoms with Gasteiger partial charge in [0.25, 0.3) is 5.91 Å². The van der Waals surface area contributed by atoms with Gasteiger partial charge in [-0.3, -0.25) is 9.69 Å². The van der Waals surface area contributed by atoms with Crippen LogP contribution in [0.1, 0.15) is 5.56 Å². The fraction of sp³-hybridized carbons (Fsp3) is 0.222. The van der Waals surface area contributed by atoms with Gasteiger partial charge in [-0.1, -0.05) is 65.1 Å². The molecule has 1 saturated heterocycles. The fourth-order valence-corrected chi connectivity index (χ4v) is 6.65. The summed E-state index contributed by atoms with van der Waals surface area (Å²) in [5.74, 6) is -1.90. The summed E-state index contributed by atoms with van der Waals surface area (Å²) in [5.41, 5.74) is -2.01. The van der Waals surface area contributed by atoms with Gasteiger partial charge < -0.3 is 4.90 Å². The summed E-state index contributed by atoms with van der Waals surface area (Å²) in [6, 6.07) is 13.0. The number of para-hydroxylation sites is 2. The number of rotatable bonds is 7. The van der Waals surface area contributed by atoms with E-state index in [-0.39, 0.29) is 21.2 Å². The zero-order valence-electron chi connectivity index (χ0n) is 23.3. The minimum absolute atomic E-state index is 0.229. The number of benzene rings is 3. The van der Waals surface area contributed by atoms with Crippen LogP contribution < -0.4 is 9.80 Å². The number of nitrogens with zero attached hydrogens (tertiary/aromatic N) is 4. The van der Waals surface area contributed by atoms with Crippen molar-refractivity contribution in [2.75, 3.05) is 29.4 Å². The number of halogens is 6. The van der Waals surface area contributed by atoms with Crippen LogP contribution in [0.3, 0.4) is 0 Å². The summed E-state index contributed by atoms with van der Waals surface area (Å²) < 4.78 is 89.6. The molecular weight excluding hydrogens is 704 g/mol. The molecule has 3 aromatic rings. The smallest absolute Gasteiger partial charge is 0.312 e. The third kappa shape index (κ3) is 7.07. The molecule has 0 N–H and O–H groups in total. The molecule has 1 atom stereocenters. The van der Waals surface area contributed by atoms with E-state index < -0.39 is 64.8 Å². The van der Waals surface area contributed by atoms with E-state index in [1.54, 1.807) is 0 Å². The first-order valence-corrected chi connectivity index (χ1v) is 17.4. The number of imide groups is 1. The highest BCUT2D eigenvalue weighted by molar-refractivity contribution is 7.91. The molecule has 10 nitrogen and oxygen atoms in total. The Morgan fingerprint density at radius 2 is 1.29 bits per heavy atom. The van der Waals surface area contributed by atoms with Crippen molar-refractivity contribution in [2.45, 2.75) is 25.9 Å². The number of anilines is 3. The third-order valence-corrected chi connectivity index (χ3v) is 9.32. The summed E-state index contributed by atoms with van der Waals surface area (Å²) in [6.45, 7) is 0. The predicted molar refractivity (Wildman–Crippen MR) is 165 cm³/mol. The van der Waals surface area contributed by atoms with Crippen LogP contribution in [0.25, 0.3) is 0 Å². The molecule has 45 heavy (non-hydrogen) atoms. The third-order valence-electron chi connectivity index (χ3n) is 6.45. The predicted octanol–water partition coefficient (Wildman–Crippen LogP) is 5.84. The Kier molecular flexibility index (Phi) is 9.27. The largest absolute Gasteiger partial charge is 0.416 e. The minimum atomic E-state index is -4.81. The van der Waals surface area contributed by atoms with Crippen LogP contribution in [0, 0.1) is 0 Å². The van der Waals surface area contributed by atoms with Crippen molar-refractivity contribution in [1.29, 1.82) is 0 Å². The Morgan fingerprint density at radius 1 is 0.800 bits per heavy atom. The minimum Gasteiger partial charge on any atom is -0.312 e. The highest BCUT2D eigenvalue weighted by Crippen LogP contribution is 2.45. The summed E-state index contributed by atoms with van der Waals surface area (Å²) in [6.07, 6.45) is -5.05. The molecule has 3 aromatic carbocycles. The van der Waals surface area contributed by atoms with Gasteiger partial charge in [-0.05, 0) is 42.5 Å². The van der Waals surface area contributed by atoms with Crippen molar-refractivity contribution in [3.05, 3.63) is 78.4 Å². The van der Waals surface area contributed by atoms with Crippen LogP contribution >= 0.6 is 34.8 Å². The number of aliphatic imine (C=N–C) groups is 1. The molecule has 0 saturated carbocycles. The molecule has 1 fully saturated rings. The summed E-state index contributed by atoms with van der Waals surface area (Å²) in [7, 11) is -7.06. The van der Waals surface area contributed by atoms with Crippen molar-refractivity contribution in [1.82, 2.24) is 4.90 Å². The normalized spacial score (nSPS) is 16.4. The number of amides is 3. The van der Waals surface area contributed by atoms with E-state index in [4.69, 9.17) is 34.8 Å². The van der Waals surface area contributed by atoms with Crippen LogP contribution in [0.15, 0.2) is 87.6 Å². The van der Waals surface area contributed by atoms with E-state index in [0.717, 1.165) is 42.7 Å². The number of amidine groups is 1. The Balaban J connectivity index is 2.10. The highest BCUT2D eigenvalue weighted by atomic mass is 35.6. The van der Waals surface area contributed by atoms with E-state index in [2.05, 4.69) is 4.99 Å². The number of alkyl halides is 6. The maximum atomic E-state index is 13.6. The SMILES string of the molecule is CN1C(=O)/C(=N\C(N(c2ccccc2S(C)(=O)=O)c2ccccc2S(C)(=O)=O)C(Cl)(Cl)Cl)N(c2cccc(C(F)(F)F)c2)C1=O. The lowest BCUT2D eigenvalue weighted by atomic mass is 10.2. The maximum Gasteiger partial charge on any atom is 0.416 e. The van der Waals surface area contributed by atoms with Crippen LogP contribution in [-0.2, 0) is 30.6 Å². The first kappa shape index (κ1) is 34.5. The molecule has 0 aliphatic carbocycles. The van der Waals surface area contributed by atoms with Crippen LogP contribution in [0.2, 0.25) is 0 Å². The van der Waals surface area contributed by atoms with Crippen LogP contribution in [0.4, 0.5) is 35.0 Å². The van der Waals surface area contributed by atoms with Gasteiger partial charge in [0, 0.05) is 19.6 Å². The molecule has 0 spiro atoms. The first-order valence-electron chi connectivity index (χ1n) is 12.5. The molecule has 1 heterocycles. The fourth-order valence-electron chi connectivity index (χ4n) is 4.47. The van der Waals surface area contributed by atoms with Crippen molar-refractivity contribution in [3.63, 3.8) is 0 Å². The molecule has 3 amide bonds. The van der Waals surface area contributed by atoms with Gasteiger partial charge in [0.1, 0.15) is 0 Å². The van der Waals surface area contributed by atoms with Gasteiger partial charge in [0.2, 0.25) is 9.63 Å². The van der Waals surface area contributed by atoms with Crippen LogP contribution in [-0.4, -0.2) is 69.0 Å². The lowest BCUT2D eigenvalue weighted by molar-refractivity contribution is -0.137. The molecule has 240 valence electrons. The summed E-state index contributed by atoms with van der Waals surface area (Å²) in [4.78, 5) is 32.2. The topological polar surface area (TPSA) is 124 Å². The van der Waals surface area contributed by atoms with Crippen molar-refractivity contribution < 1.29 is 39.6 Å². The highest BCUT2D eigenvalue weighted by Gasteiger charge is 2.47. The zero-order valence-corrected chi connectivity index (χ0v) is 27.2. The number of urea groups is 1. The molecule has 0 aromatic heterocycles. The number of sulfone groups is 2. The monoisotopic (exact) mass is 724 g/mol. The molecule has 4 rings (SSSR count). The number of carbonyl (C=O) groups excluding carboxylic acids is 2. The molecule has 0 radical (unpaired) electrons. The van der Waals surface area contributed by atoms with Crippen LogP contribution in [0.5, 0.6) is 0 Å². The standard InChI is InChI=1S/C27H22Cl3F3N4O6S2/c1-35-23(38)22(36(25(35)39)17-10-8-9-16(15-17)27(31,32)33)34-24(26(28,29)30)37(18-11-4-6-13-20(18)44(2,40)41)19-12-5-7-14-21(19)45(3,42)43/h4-15,24H,1-3H3/b34-22+. The summed E-state index contributed by atoms with van der Waals surface area (Å²) in [5, 5.41) is 0. The van der Waals surface area contributed by atoms with Gasteiger partial charge in [0.05, 0.1) is 32.4 Å². The van der Waals surface area contributed by atoms with E-state index in [1.807, 2.05) is 0 Å². The molecule has 1 aliphatic heterocycles. The number of hydrogen-bond donors (Lipinski definition) is 0. The van der Waals surface area contributed by atoms with Gasteiger partial charge in [-0.15, -0.1) is 0 Å². The number of carbonyl (C=O) groups is 2.